The van der Waals surface area contributed by atoms with Crippen LogP contribution in [-0.2, 0) is 6.42 Å². The van der Waals surface area contributed by atoms with E-state index in [1.54, 1.807) is 6.07 Å². The van der Waals surface area contributed by atoms with E-state index >= 15 is 0 Å². The van der Waals surface area contributed by atoms with Crippen molar-refractivity contribution in [1.82, 2.24) is 4.98 Å². The van der Waals surface area contributed by atoms with Gasteiger partial charge >= 0.3 is 0 Å². The SMILES string of the molecule is Cc1cc(CC(C)C)nc(C(=O)Cl)c1. The molecule has 76 valence electrons. The van der Waals surface area contributed by atoms with Gasteiger partial charge in [0.25, 0.3) is 5.24 Å². The highest BCUT2D eigenvalue weighted by atomic mass is 35.5. The number of carbonyl (C=O) groups excluding carboxylic acids is 1. The molecule has 1 rings (SSSR count). The maximum Gasteiger partial charge on any atom is 0.270 e. The first kappa shape index (κ1) is 11.2. The summed E-state index contributed by atoms with van der Waals surface area (Å²) >= 11 is 5.38. The van der Waals surface area contributed by atoms with E-state index < -0.39 is 5.24 Å². The Balaban J connectivity index is 3.01. The van der Waals surface area contributed by atoms with E-state index in [0.29, 0.717) is 11.6 Å². The van der Waals surface area contributed by atoms with E-state index in [1.165, 1.54) is 0 Å². The molecular formula is C11H14ClNO. The highest BCUT2D eigenvalue weighted by Crippen LogP contribution is 2.11. The molecule has 0 bridgehead atoms. The van der Waals surface area contributed by atoms with Crippen molar-refractivity contribution in [2.45, 2.75) is 27.2 Å². The monoisotopic (exact) mass is 211 g/mol. The summed E-state index contributed by atoms with van der Waals surface area (Å²) in [4.78, 5) is 15.1. The van der Waals surface area contributed by atoms with Gasteiger partial charge in [-0.15, -0.1) is 0 Å². The molecule has 3 heteroatoms. The molecular weight excluding hydrogens is 198 g/mol. The van der Waals surface area contributed by atoms with Crippen LogP contribution in [-0.4, -0.2) is 10.2 Å². The summed E-state index contributed by atoms with van der Waals surface area (Å²) in [6.45, 7) is 6.17. The van der Waals surface area contributed by atoms with Crippen molar-refractivity contribution in [2.24, 2.45) is 5.92 Å². The average molecular weight is 212 g/mol. The van der Waals surface area contributed by atoms with Crippen molar-refractivity contribution in [3.8, 4) is 0 Å². The number of nitrogens with zero attached hydrogens (tertiary/aromatic N) is 1. The molecule has 0 radical (unpaired) electrons. The van der Waals surface area contributed by atoms with Crippen LogP contribution in [0.3, 0.4) is 0 Å². The third-order valence-electron chi connectivity index (χ3n) is 1.84. The summed E-state index contributed by atoms with van der Waals surface area (Å²) in [6, 6.07) is 3.70. The zero-order valence-corrected chi connectivity index (χ0v) is 9.43. The lowest BCUT2D eigenvalue weighted by molar-refractivity contribution is 0.107. The number of halogens is 1. The number of hydrogen-bond donors (Lipinski definition) is 0. The molecule has 0 saturated carbocycles. The molecule has 0 N–H and O–H groups in total. The summed E-state index contributed by atoms with van der Waals surface area (Å²) in [5.74, 6) is 0.530. The fourth-order valence-corrected chi connectivity index (χ4v) is 1.46. The molecule has 0 fully saturated rings. The van der Waals surface area contributed by atoms with Gasteiger partial charge in [0.1, 0.15) is 5.69 Å². The Morgan fingerprint density at radius 1 is 1.50 bits per heavy atom. The van der Waals surface area contributed by atoms with Crippen molar-refractivity contribution >= 4 is 16.8 Å². The van der Waals surface area contributed by atoms with Gasteiger partial charge in [-0.05, 0) is 48.6 Å². The van der Waals surface area contributed by atoms with E-state index in [2.05, 4.69) is 18.8 Å². The second-order valence-electron chi connectivity index (χ2n) is 3.89. The number of aryl methyl sites for hydroxylation is 1. The summed E-state index contributed by atoms with van der Waals surface area (Å²) in [5.41, 5.74) is 2.31. The van der Waals surface area contributed by atoms with Crippen LogP contribution in [0.25, 0.3) is 0 Å². The van der Waals surface area contributed by atoms with Gasteiger partial charge in [0.05, 0.1) is 0 Å². The number of rotatable bonds is 3. The number of hydrogen-bond acceptors (Lipinski definition) is 2. The van der Waals surface area contributed by atoms with Crippen LogP contribution < -0.4 is 0 Å². The van der Waals surface area contributed by atoms with Gasteiger partial charge in [-0.2, -0.15) is 0 Å². The largest absolute Gasteiger partial charge is 0.274 e. The standard InChI is InChI=1S/C11H14ClNO/c1-7(2)4-9-5-8(3)6-10(13-9)11(12)14/h5-7H,4H2,1-3H3. The van der Waals surface area contributed by atoms with Gasteiger partial charge in [0.2, 0.25) is 0 Å². The van der Waals surface area contributed by atoms with Crippen LogP contribution >= 0.6 is 11.6 Å². The van der Waals surface area contributed by atoms with Crippen molar-refractivity contribution < 1.29 is 4.79 Å². The van der Waals surface area contributed by atoms with Crippen LogP contribution in [0.15, 0.2) is 12.1 Å². The van der Waals surface area contributed by atoms with E-state index in [-0.39, 0.29) is 0 Å². The van der Waals surface area contributed by atoms with Gasteiger partial charge in [-0.3, -0.25) is 4.79 Å². The molecule has 0 aliphatic heterocycles. The summed E-state index contributed by atoms with van der Waals surface area (Å²) in [5, 5.41) is -0.487. The molecule has 0 spiro atoms. The van der Waals surface area contributed by atoms with Gasteiger partial charge in [0, 0.05) is 5.69 Å². The molecule has 1 heterocycles. The molecule has 2 nitrogen and oxygen atoms in total. The maximum atomic E-state index is 10.9. The Labute approximate surface area is 89.3 Å². The van der Waals surface area contributed by atoms with Gasteiger partial charge < -0.3 is 0 Å². The average Bonchev–Trinajstić information content (AvgIpc) is 2.01. The molecule has 0 aliphatic rings. The molecule has 0 atom stereocenters. The molecule has 0 aromatic carbocycles. The van der Waals surface area contributed by atoms with Gasteiger partial charge in [-0.25, -0.2) is 4.98 Å². The minimum atomic E-state index is -0.487. The summed E-state index contributed by atoms with van der Waals surface area (Å²) in [7, 11) is 0. The first-order chi connectivity index (χ1) is 6.49. The van der Waals surface area contributed by atoms with Gasteiger partial charge in [-0.1, -0.05) is 13.8 Å². The summed E-state index contributed by atoms with van der Waals surface area (Å²) in [6.07, 6.45) is 0.874. The van der Waals surface area contributed by atoms with Crippen LogP contribution in [0.2, 0.25) is 0 Å². The topological polar surface area (TPSA) is 30.0 Å². The Morgan fingerprint density at radius 3 is 2.64 bits per heavy atom. The second kappa shape index (κ2) is 4.56. The van der Waals surface area contributed by atoms with E-state index in [9.17, 15) is 4.79 Å². The fourth-order valence-electron chi connectivity index (χ4n) is 1.36. The Morgan fingerprint density at radius 2 is 2.14 bits per heavy atom. The lowest BCUT2D eigenvalue weighted by Crippen LogP contribution is -2.03. The Kier molecular flexibility index (Phi) is 3.64. The Bertz CT molecular complexity index is 347. The predicted octanol–water partition coefficient (Wildman–Crippen LogP) is 2.97. The quantitative estimate of drug-likeness (QED) is 0.720. The third kappa shape index (κ3) is 3.11. The normalized spacial score (nSPS) is 10.6. The number of aromatic nitrogens is 1. The van der Waals surface area contributed by atoms with Crippen molar-refractivity contribution in [3.63, 3.8) is 0 Å². The second-order valence-corrected chi connectivity index (χ2v) is 4.24. The lowest BCUT2D eigenvalue weighted by atomic mass is 10.1. The molecule has 0 unspecified atom stereocenters. The Hall–Kier alpha value is -0.890. The van der Waals surface area contributed by atoms with E-state index in [4.69, 9.17) is 11.6 Å². The predicted molar refractivity (Wildman–Crippen MR) is 57.7 cm³/mol. The zero-order chi connectivity index (χ0) is 10.7. The first-order valence-corrected chi connectivity index (χ1v) is 5.04. The molecule has 1 aromatic heterocycles. The zero-order valence-electron chi connectivity index (χ0n) is 8.67. The molecule has 14 heavy (non-hydrogen) atoms. The molecule has 0 saturated heterocycles. The van der Waals surface area contributed by atoms with Crippen molar-refractivity contribution in [3.05, 3.63) is 29.1 Å². The summed E-state index contributed by atoms with van der Waals surface area (Å²) < 4.78 is 0. The van der Waals surface area contributed by atoms with Crippen LogP contribution in [0.5, 0.6) is 0 Å². The fraction of sp³-hybridized carbons (Fsp3) is 0.455. The highest BCUT2D eigenvalue weighted by Gasteiger charge is 2.07. The smallest absolute Gasteiger partial charge is 0.270 e. The van der Waals surface area contributed by atoms with E-state index in [1.807, 2.05) is 13.0 Å². The van der Waals surface area contributed by atoms with Crippen molar-refractivity contribution in [2.75, 3.05) is 0 Å². The van der Waals surface area contributed by atoms with Crippen LogP contribution in [0.4, 0.5) is 0 Å². The molecule has 0 aliphatic carbocycles. The molecule has 0 amide bonds. The van der Waals surface area contributed by atoms with Gasteiger partial charge in [0.15, 0.2) is 0 Å². The maximum absolute atomic E-state index is 10.9. The number of pyridine rings is 1. The van der Waals surface area contributed by atoms with Crippen LogP contribution in [0.1, 0.15) is 35.6 Å². The lowest BCUT2D eigenvalue weighted by Gasteiger charge is -2.06. The van der Waals surface area contributed by atoms with Crippen LogP contribution in [0, 0.1) is 12.8 Å². The minimum absolute atomic E-state index is 0.349. The first-order valence-electron chi connectivity index (χ1n) is 4.66. The highest BCUT2D eigenvalue weighted by molar-refractivity contribution is 6.67. The van der Waals surface area contributed by atoms with E-state index in [0.717, 1.165) is 17.7 Å². The third-order valence-corrected chi connectivity index (χ3v) is 2.04. The van der Waals surface area contributed by atoms with Crippen molar-refractivity contribution in [1.29, 1.82) is 0 Å². The minimum Gasteiger partial charge on any atom is -0.274 e. The number of carbonyl (C=O) groups is 1. The molecule has 1 aromatic rings.